The number of hydrogen-bond donors (Lipinski definition) is 1. The highest BCUT2D eigenvalue weighted by Gasteiger charge is 2.21. The van der Waals surface area contributed by atoms with Gasteiger partial charge in [0, 0.05) is 38.9 Å². The highest BCUT2D eigenvalue weighted by molar-refractivity contribution is 5.97. The first-order valence-electron chi connectivity index (χ1n) is 9.79. The van der Waals surface area contributed by atoms with E-state index in [0.29, 0.717) is 32.8 Å². The van der Waals surface area contributed by atoms with Gasteiger partial charge in [0.15, 0.2) is 11.5 Å². The van der Waals surface area contributed by atoms with Gasteiger partial charge in [-0.05, 0) is 45.0 Å². The van der Waals surface area contributed by atoms with Gasteiger partial charge in [0.25, 0.3) is 5.91 Å². The van der Waals surface area contributed by atoms with E-state index >= 15 is 0 Å². The summed E-state index contributed by atoms with van der Waals surface area (Å²) in [6.07, 6.45) is 2.27. The zero-order valence-corrected chi connectivity index (χ0v) is 17.0. The lowest BCUT2D eigenvalue weighted by molar-refractivity contribution is -0.128. The van der Waals surface area contributed by atoms with Gasteiger partial charge in [-0.1, -0.05) is 6.07 Å². The van der Waals surface area contributed by atoms with Crippen molar-refractivity contribution in [3.8, 4) is 17.6 Å². The Morgan fingerprint density at radius 2 is 1.86 bits per heavy atom. The fourth-order valence-electron chi connectivity index (χ4n) is 2.96. The predicted octanol–water partition coefficient (Wildman–Crippen LogP) is 1.80. The fraction of sp³-hybridized carbons (Fsp3) is 0.524. The summed E-state index contributed by atoms with van der Waals surface area (Å²) in [5.41, 5.74) is 1.24. The van der Waals surface area contributed by atoms with Gasteiger partial charge in [-0.25, -0.2) is 0 Å². The van der Waals surface area contributed by atoms with E-state index in [-0.39, 0.29) is 11.5 Å². The summed E-state index contributed by atoms with van der Waals surface area (Å²) < 4.78 is 11.2. The molecule has 0 aliphatic carbocycles. The first kappa shape index (κ1) is 21.6. The molecule has 1 heterocycles. The number of rotatable bonds is 9. The third kappa shape index (κ3) is 6.17. The van der Waals surface area contributed by atoms with Crippen LogP contribution in [0.4, 0.5) is 0 Å². The molecular formula is C21H30N4O3. The van der Waals surface area contributed by atoms with Crippen LogP contribution in [0.3, 0.4) is 0 Å². The van der Waals surface area contributed by atoms with E-state index in [9.17, 15) is 10.1 Å². The average Bonchev–Trinajstić information content (AvgIpc) is 2.70. The van der Waals surface area contributed by atoms with Crippen LogP contribution in [0.25, 0.3) is 0 Å². The molecule has 1 aromatic rings. The second-order valence-corrected chi connectivity index (χ2v) is 6.62. The lowest BCUT2D eigenvalue weighted by Gasteiger charge is -2.32. The van der Waals surface area contributed by atoms with Crippen molar-refractivity contribution in [2.24, 2.45) is 0 Å². The van der Waals surface area contributed by atoms with Gasteiger partial charge in [-0.3, -0.25) is 4.79 Å². The van der Waals surface area contributed by atoms with Crippen molar-refractivity contribution in [3.63, 3.8) is 0 Å². The van der Waals surface area contributed by atoms with Gasteiger partial charge in [-0.2, -0.15) is 5.26 Å². The molecule has 0 aromatic heterocycles. The number of carbonyl (C=O) groups is 1. The van der Waals surface area contributed by atoms with Gasteiger partial charge in [0.2, 0.25) is 0 Å². The lowest BCUT2D eigenvalue weighted by atomic mass is 10.1. The highest BCUT2D eigenvalue weighted by atomic mass is 16.5. The Morgan fingerprint density at radius 1 is 1.18 bits per heavy atom. The minimum atomic E-state index is -0.206. The molecular weight excluding hydrogens is 356 g/mol. The zero-order chi connectivity index (χ0) is 20.4. The molecule has 152 valence electrons. The van der Waals surface area contributed by atoms with E-state index in [1.165, 1.54) is 6.20 Å². The Bertz CT molecular complexity index is 719. The number of ether oxygens (including phenoxy) is 2. The van der Waals surface area contributed by atoms with E-state index < -0.39 is 0 Å². The highest BCUT2D eigenvalue weighted by Crippen LogP contribution is 2.28. The molecule has 1 aliphatic rings. The molecule has 1 fully saturated rings. The number of benzene rings is 1. The molecule has 0 atom stereocenters. The first-order valence-corrected chi connectivity index (χ1v) is 9.79. The molecule has 0 saturated carbocycles. The summed E-state index contributed by atoms with van der Waals surface area (Å²) in [5.74, 6) is 1.27. The third-order valence-electron chi connectivity index (χ3n) is 4.55. The van der Waals surface area contributed by atoms with E-state index in [1.807, 2.05) is 45.2 Å². The van der Waals surface area contributed by atoms with Crippen LogP contribution < -0.4 is 14.8 Å². The number of likely N-dealkylation sites (N-methyl/N-ethyl adjacent to an activating group) is 1. The molecule has 0 unspecified atom stereocenters. The Morgan fingerprint density at radius 3 is 2.50 bits per heavy atom. The van der Waals surface area contributed by atoms with E-state index in [2.05, 4.69) is 10.2 Å². The number of nitriles is 1. The maximum Gasteiger partial charge on any atom is 0.266 e. The third-order valence-corrected chi connectivity index (χ3v) is 4.55. The second-order valence-electron chi connectivity index (χ2n) is 6.62. The monoisotopic (exact) mass is 386 g/mol. The molecule has 28 heavy (non-hydrogen) atoms. The van der Waals surface area contributed by atoms with Crippen LogP contribution in [0.5, 0.6) is 11.5 Å². The summed E-state index contributed by atoms with van der Waals surface area (Å²) in [5, 5.41) is 12.4. The maximum atomic E-state index is 12.5. The van der Waals surface area contributed by atoms with Gasteiger partial charge >= 0.3 is 0 Å². The van der Waals surface area contributed by atoms with Crippen LogP contribution in [0.1, 0.15) is 19.4 Å². The van der Waals surface area contributed by atoms with Crippen LogP contribution in [0.2, 0.25) is 0 Å². The van der Waals surface area contributed by atoms with Gasteiger partial charge in [0.05, 0.1) is 13.2 Å². The number of carbonyl (C=O) groups excluding carboxylic acids is 1. The number of amides is 1. The molecule has 7 nitrogen and oxygen atoms in total. The maximum absolute atomic E-state index is 12.5. The number of hydrogen-bond acceptors (Lipinski definition) is 6. The van der Waals surface area contributed by atoms with E-state index in [4.69, 9.17) is 9.47 Å². The first-order chi connectivity index (χ1) is 13.6. The standard InChI is InChI=1S/C21H30N4O3/c1-4-27-19-7-6-17(14-20(19)28-5-2)8-9-23-16-18(15-22)21(26)25-12-10-24(3)11-13-25/h6-7,14,16,23H,4-5,8-13H2,1-3H3/b18-16-. The van der Waals surface area contributed by atoms with Crippen LogP contribution in [-0.4, -0.2) is 68.7 Å². The van der Waals surface area contributed by atoms with Gasteiger partial charge < -0.3 is 24.6 Å². The Labute approximate surface area is 167 Å². The molecule has 0 spiro atoms. The molecule has 1 aliphatic heterocycles. The fourth-order valence-corrected chi connectivity index (χ4v) is 2.96. The normalized spacial score (nSPS) is 15.1. The average molecular weight is 386 g/mol. The Hall–Kier alpha value is -2.72. The molecule has 2 rings (SSSR count). The van der Waals surface area contributed by atoms with Crippen LogP contribution in [-0.2, 0) is 11.2 Å². The van der Waals surface area contributed by atoms with Crippen molar-refractivity contribution < 1.29 is 14.3 Å². The van der Waals surface area contributed by atoms with Crippen LogP contribution >= 0.6 is 0 Å². The predicted molar refractivity (Wildman–Crippen MR) is 108 cm³/mol. The smallest absolute Gasteiger partial charge is 0.266 e. The molecule has 1 aromatic carbocycles. The van der Waals surface area contributed by atoms with E-state index in [0.717, 1.165) is 36.6 Å². The van der Waals surface area contributed by atoms with Crippen molar-refractivity contribution in [1.82, 2.24) is 15.1 Å². The van der Waals surface area contributed by atoms with E-state index in [1.54, 1.807) is 4.90 Å². The molecule has 1 amide bonds. The summed E-state index contributed by atoms with van der Waals surface area (Å²) >= 11 is 0. The Kier molecular flexibility index (Phi) is 8.63. The van der Waals surface area contributed by atoms with Crippen molar-refractivity contribution in [2.45, 2.75) is 20.3 Å². The van der Waals surface area contributed by atoms with Gasteiger partial charge in [0.1, 0.15) is 11.6 Å². The summed E-state index contributed by atoms with van der Waals surface area (Å²) in [6.45, 7) is 8.62. The lowest BCUT2D eigenvalue weighted by Crippen LogP contribution is -2.47. The van der Waals surface area contributed by atoms with Crippen LogP contribution in [0.15, 0.2) is 30.0 Å². The Balaban J connectivity index is 1.90. The minimum Gasteiger partial charge on any atom is -0.490 e. The minimum absolute atomic E-state index is 0.145. The van der Waals surface area contributed by atoms with Gasteiger partial charge in [-0.15, -0.1) is 0 Å². The summed E-state index contributed by atoms with van der Waals surface area (Å²) in [4.78, 5) is 16.4. The van der Waals surface area contributed by atoms with Crippen molar-refractivity contribution in [1.29, 1.82) is 5.26 Å². The second kappa shape index (κ2) is 11.2. The topological polar surface area (TPSA) is 77.8 Å². The van der Waals surface area contributed by atoms with Crippen LogP contribution in [0, 0.1) is 11.3 Å². The van der Waals surface area contributed by atoms with Crippen molar-refractivity contribution >= 4 is 5.91 Å². The SMILES string of the molecule is CCOc1ccc(CCN/C=C(/C#N)C(=O)N2CCN(C)CC2)cc1OCC. The quantitative estimate of drug-likeness (QED) is 0.396. The molecule has 1 saturated heterocycles. The number of nitrogens with zero attached hydrogens (tertiary/aromatic N) is 3. The summed E-state index contributed by atoms with van der Waals surface area (Å²) in [7, 11) is 2.03. The molecule has 0 bridgehead atoms. The molecule has 1 N–H and O–H groups in total. The van der Waals surface area contributed by atoms with Crippen molar-refractivity contribution in [3.05, 3.63) is 35.5 Å². The number of piperazine rings is 1. The largest absolute Gasteiger partial charge is 0.490 e. The molecule has 7 heteroatoms. The van der Waals surface area contributed by atoms with Crippen molar-refractivity contribution in [2.75, 3.05) is 53.0 Å². The number of nitrogens with one attached hydrogen (secondary N) is 1. The molecule has 0 radical (unpaired) electrons. The summed E-state index contributed by atoms with van der Waals surface area (Å²) in [6, 6.07) is 7.90. The zero-order valence-electron chi connectivity index (χ0n) is 17.0.